The summed E-state index contributed by atoms with van der Waals surface area (Å²) < 4.78 is 4.47. The highest BCUT2D eigenvalue weighted by atomic mass is 15.3. The molecule has 0 N–H and O–H groups in total. The number of rotatable bonds is 6. The van der Waals surface area contributed by atoms with Crippen molar-refractivity contribution in [2.45, 2.75) is 43.9 Å². The Morgan fingerprint density at radius 2 is 0.767 bits per heavy atom. The van der Waals surface area contributed by atoms with E-state index in [9.17, 15) is 0 Å². The first kappa shape index (κ1) is 34.1. The van der Waals surface area contributed by atoms with Gasteiger partial charge < -0.3 is 0 Å². The monoisotopic (exact) mass is 773 g/mol. The molecule has 3 aromatic heterocycles. The van der Waals surface area contributed by atoms with Crippen molar-refractivity contribution >= 4 is 43.6 Å². The Morgan fingerprint density at radius 1 is 0.383 bits per heavy atom. The fourth-order valence-electron chi connectivity index (χ4n) is 12.3. The molecule has 0 amide bonds. The molecule has 4 aliphatic rings. The highest BCUT2D eigenvalue weighted by Crippen LogP contribution is 2.62. The summed E-state index contributed by atoms with van der Waals surface area (Å²) in [5, 5.41) is 4.68. The molecule has 10 aromatic rings. The van der Waals surface area contributed by atoms with Gasteiger partial charge in [-0.15, -0.1) is 0 Å². The number of fused-ring (bicyclic) bond motifs is 6. The van der Waals surface area contributed by atoms with Crippen LogP contribution in [-0.4, -0.2) is 24.1 Å². The topological polar surface area (TPSA) is 48.5 Å². The zero-order valence-electron chi connectivity index (χ0n) is 33.4. The zero-order valence-corrected chi connectivity index (χ0v) is 33.4. The Bertz CT molecular complexity index is 3030. The molecule has 4 saturated carbocycles. The summed E-state index contributed by atoms with van der Waals surface area (Å²) in [7, 11) is 0. The highest BCUT2D eigenvalue weighted by molar-refractivity contribution is 6.10. The summed E-state index contributed by atoms with van der Waals surface area (Å²) in [6.45, 7) is 0. The summed E-state index contributed by atoms with van der Waals surface area (Å²) >= 11 is 0. The predicted molar refractivity (Wildman–Crippen MR) is 245 cm³/mol. The van der Waals surface area contributed by atoms with Crippen LogP contribution in [0.15, 0.2) is 170 Å². The van der Waals surface area contributed by atoms with Crippen molar-refractivity contribution in [3.63, 3.8) is 0 Å². The van der Waals surface area contributed by atoms with E-state index in [0.29, 0.717) is 17.7 Å². The molecule has 0 atom stereocenters. The maximum atomic E-state index is 5.59. The molecule has 5 heteroatoms. The number of nitrogens with zero attached hydrogens (tertiary/aromatic N) is 5. The molecule has 0 aliphatic heterocycles. The van der Waals surface area contributed by atoms with Gasteiger partial charge >= 0.3 is 0 Å². The van der Waals surface area contributed by atoms with Crippen LogP contribution in [0.1, 0.15) is 44.1 Å². The molecule has 0 radical (unpaired) electrons. The Hall–Kier alpha value is -6.85. The highest BCUT2D eigenvalue weighted by Gasteiger charge is 2.52. The Kier molecular flexibility index (Phi) is 7.42. The van der Waals surface area contributed by atoms with E-state index in [1.54, 1.807) is 0 Å². The number of hydrogen-bond acceptors (Lipinski definition) is 3. The fraction of sp³-hybridized carbons (Fsp3) is 0.182. The third-order valence-corrected chi connectivity index (χ3v) is 14.3. The minimum Gasteiger partial charge on any atom is -0.278 e. The molecule has 4 bridgehead atoms. The quantitative estimate of drug-likeness (QED) is 0.169. The summed E-state index contributed by atoms with van der Waals surface area (Å²) in [4.78, 5) is 16.6. The van der Waals surface area contributed by atoms with Crippen LogP contribution in [0.5, 0.6) is 0 Å². The van der Waals surface area contributed by atoms with Crippen LogP contribution in [0.4, 0.5) is 0 Å². The second-order valence-corrected chi connectivity index (χ2v) is 17.9. The Morgan fingerprint density at radius 3 is 1.20 bits per heavy atom. The second-order valence-electron chi connectivity index (χ2n) is 17.9. The number of benzene rings is 7. The summed E-state index contributed by atoms with van der Waals surface area (Å²) in [6, 6.07) is 61.5. The van der Waals surface area contributed by atoms with E-state index in [4.69, 9.17) is 15.0 Å². The van der Waals surface area contributed by atoms with Gasteiger partial charge in [-0.25, -0.2) is 0 Å². The van der Waals surface area contributed by atoms with Crippen LogP contribution < -0.4 is 0 Å². The fourth-order valence-corrected chi connectivity index (χ4v) is 12.3. The second kappa shape index (κ2) is 13.1. The summed E-state index contributed by atoms with van der Waals surface area (Å²) in [5.41, 5.74) is 11.9. The molecule has 4 aliphatic carbocycles. The first-order valence-corrected chi connectivity index (χ1v) is 21.7. The van der Waals surface area contributed by atoms with E-state index >= 15 is 0 Å². The molecule has 0 saturated heterocycles. The van der Waals surface area contributed by atoms with E-state index in [1.165, 1.54) is 87.9 Å². The normalized spacial score (nSPS) is 20.8. The van der Waals surface area contributed by atoms with Crippen LogP contribution in [-0.2, 0) is 5.41 Å². The van der Waals surface area contributed by atoms with Crippen LogP contribution >= 0.6 is 0 Å². The van der Waals surface area contributed by atoms with Crippen molar-refractivity contribution in [3.8, 4) is 45.5 Å². The van der Waals surface area contributed by atoms with Gasteiger partial charge in [0.15, 0.2) is 5.82 Å². The molecule has 5 nitrogen and oxygen atoms in total. The lowest BCUT2D eigenvalue weighted by Crippen LogP contribution is -2.48. The third-order valence-electron chi connectivity index (χ3n) is 14.3. The maximum Gasteiger partial charge on any atom is 0.240 e. The van der Waals surface area contributed by atoms with Gasteiger partial charge in [0.05, 0.1) is 22.1 Å². The van der Waals surface area contributed by atoms with Gasteiger partial charge in [-0.05, 0) is 126 Å². The lowest BCUT2D eigenvalue weighted by atomic mass is 9.47. The van der Waals surface area contributed by atoms with Gasteiger partial charge in [0.1, 0.15) is 0 Å². The predicted octanol–water partition coefficient (Wildman–Crippen LogP) is 13.5. The van der Waals surface area contributed by atoms with E-state index in [1.807, 2.05) is 0 Å². The lowest BCUT2D eigenvalue weighted by Gasteiger charge is -2.57. The van der Waals surface area contributed by atoms with Crippen LogP contribution in [0.2, 0.25) is 0 Å². The van der Waals surface area contributed by atoms with Gasteiger partial charge in [0.2, 0.25) is 11.9 Å². The molecule has 14 rings (SSSR count). The molecule has 0 spiro atoms. The largest absolute Gasteiger partial charge is 0.278 e. The van der Waals surface area contributed by atoms with Crippen molar-refractivity contribution in [2.75, 3.05) is 0 Å². The van der Waals surface area contributed by atoms with E-state index < -0.39 is 0 Å². The third kappa shape index (κ3) is 5.14. The Labute approximate surface area is 349 Å². The first-order chi connectivity index (χ1) is 29.7. The van der Waals surface area contributed by atoms with Gasteiger partial charge in [-0.1, -0.05) is 133 Å². The van der Waals surface area contributed by atoms with E-state index in [-0.39, 0.29) is 5.41 Å². The average molecular weight is 774 g/mol. The SMILES string of the molecule is c1ccc(-c2cc(C34CC5CC(CC(C5)C3)C4)c(-c3ccccc3)cc2-c2nc(-n3c4ccccc4c4ccccc43)nc(-n3c4ccccc4c4ccccc43)n2)cc1. The van der Waals surface area contributed by atoms with E-state index in [2.05, 4.69) is 179 Å². The minimum absolute atomic E-state index is 0.170. The smallest absolute Gasteiger partial charge is 0.240 e. The summed E-state index contributed by atoms with van der Waals surface area (Å²) in [5.74, 6) is 4.33. The van der Waals surface area contributed by atoms with Crippen molar-refractivity contribution in [1.82, 2.24) is 24.1 Å². The standard InChI is InChI=1S/C55H43N5/c1-3-15-38(16-4-1)44-31-47(55-32-35-27-36(33-55)29-37(28-35)34-55)45(39-17-5-2-6-18-39)30-46(44)52-56-53(59-48-23-11-7-19-40(48)41-20-8-12-24-49(41)59)58-54(57-52)60-50-25-13-9-21-42(50)43-22-10-14-26-51(43)60/h1-26,30-31,35-37H,27-29,32-34H2. The Balaban J connectivity index is 1.15. The molecular formula is C55H43N5. The summed E-state index contributed by atoms with van der Waals surface area (Å²) in [6.07, 6.45) is 8.08. The van der Waals surface area contributed by atoms with Crippen LogP contribution in [0.3, 0.4) is 0 Å². The van der Waals surface area contributed by atoms with Crippen LogP contribution in [0, 0.1) is 17.8 Å². The molecule has 3 heterocycles. The molecule has 288 valence electrons. The van der Waals surface area contributed by atoms with Crippen LogP contribution in [0.25, 0.3) is 89.2 Å². The van der Waals surface area contributed by atoms with Gasteiger partial charge in [0.25, 0.3) is 0 Å². The van der Waals surface area contributed by atoms with Gasteiger partial charge in [-0.3, -0.25) is 9.13 Å². The van der Waals surface area contributed by atoms with Crippen molar-refractivity contribution < 1.29 is 0 Å². The molecular weight excluding hydrogens is 731 g/mol. The van der Waals surface area contributed by atoms with Gasteiger partial charge in [0, 0.05) is 27.1 Å². The number of para-hydroxylation sites is 4. The van der Waals surface area contributed by atoms with Crippen molar-refractivity contribution in [3.05, 3.63) is 175 Å². The van der Waals surface area contributed by atoms with E-state index in [0.717, 1.165) is 45.4 Å². The molecule has 60 heavy (non-hydrogen) atoms. The maximum absolute atomic E-state index is 5.59. The number of hydrogen-bond donors (Lipinski definition) is 0. The van der Waals surface area contributed by atoms with Crippen molar-refractivity contribution in [2.24, 2.45) is 17.8 Å². The van der Waals surface area contributed by atoms with Crippen molar-refractivity contribution in [1.29, 1.82) is 0 Å². The zero-order chi connectivity index (χ0) is 39.4. The first-order valence-electron chi connectivity index (χ1n) is 21.7. The molecule has 0 unspecified atom stereocenters. The molecule has 4 fully saturated rings. The minimum atomic E-state index is 0.170. The lowest BCUT2D eigenvalue weighted by molar-refractivity contribution is -0.00490. The number of aromatic nitrogens is 5. The van der Waals surface area contributed by atoms with Gasteiger partial charge in [-0.2, -0.15) is 15.0 Å². The average Bonchev–Trinajstić information content (AvgIpc) is 3.82. The molecule has 7 aromatic carbocycles.